The van der Waals surface area contributed by atoms with Crippen LogP contribution in [0.25, 0.3) is 0 Å². The average molecular weight is 392 g/mol. The van der Waals surface area contributed by atoms with Crippen LogP contribution in [0.2, 0.25) is 0 Å². The van der Waals surface area contributed by atoms with Crippen molar-refractivity contribution in [2.45, 2.75) is 4.34 Å². The summed E-state index contributed by atoms with van der Waals surface area (Å²) in [5.41, 5.74) is 0.939. The maximum atomic E-state index is 12.0. The molecule has 0 fully saturated rings. The fourth-order valence-corrected chi connectivity index (χ4v) is 3.29. The van der Waals surface area contributed by atoms with Crippen molar-refractivity contribution in [3.8, 4) is 6.07 Å². The molecule has 136 valence electrons. The van der Waals surface area contributed by atoms with Crippen LogP contribution in [0.5, 0.6) is 0 Å². The molecule has 0 saturated heterocycles. The number of amides is 3. The molecule has 0 aliphatic carbocycles. The van der Waals surface area contributed by atoms with Gasteiger partial charge in [0, 0.05) is 19.3 Å². The van der Waals surface area contributed by atoms with Crippen LogP contribution in [0.15, 0.2) is 28.6 Å². The van der Waals surface area contributed by atoms with Crippen LogP contribution < -0.4 is 16.0 Å². The third kappa shape index (κ3) is 6.67. The summed E-state index contributed by atoms with van der Waals surface area (Å²) in [4.78, 5) is 23.6. The monoisotopic (exact) mass is 392 g/mol. The fourth-order valence-electron chi connectivity index (χ4n) is 1.72. The van der Waals surface area contributed by atoms with Gasteiger partial charge >= 0.3 is 6.03 Å². The van der Waals surface area contributed by atoms with Gasteiger partial charge in [0.1, 0.15) is 0 Å². The maximum Gasteiger partial charge on any atom is 0.325 e. The standard InChI is InChI=1S/C15H16N6O3S2/c1-24-6-5-17-12(22)9-25-15-21-20-14(26-15)19-13(23)18-11-4-2-3-10(7-11)8-16/h2-4,7H,5-6,9H2,1H3,(H,17,22)(H2,18,19,20,23). The molecule has 0 bridgehead atoms. The number of carbonyl (C=O) groups is 2. The quantitative estimate of drug-likeness (QED) is 0.355. The summed E-state index contributed by atoms with van der Waals surface area (Å²) in [6, 6.07) is 8.05. The van der Waals surface area contributed by atoms with Crippen LogP contribution in [0.1, 0.15) is 5.56 Å². The van der Waals surface area contributed by atoms with Gasteiger partial charge in [-0.25, -0.2) is 4.79 Å². The zero-order valence-corrected chi connectivity index (χ0v) is 15.4. The lowest BCUT2D eigenvalue weighted by atomic mass is 10.2. The summed E-state index contributed by atoms with van der Waals surface area (Å²) in [6.45, 7) is 0.904. The number of nitrogens with zero attached hydrogens (tertiary/aromatic N) is 3. The number of rotatable bonds is 8. The smallest absolute Gasteiger partial charge is 0.325 e. The molecule has 0 saturated carbocycles. The number of benzene rings is 1. The van der Waals surface area contributed by atoms with Gasteiger partial charge in [-0.05, 0) is 18.2 Å². The Morgan fingerprint density at radius 2 is 2.19 bits per heavy atom. The fraction of sp³-hybridized carbons (Fsp3) is 0.267. The van der Waals surface area contributed by atoms with Gasteiger partial charge in [0.25, 0.3) is 0 Å². The number of methoxy groups -OCH3 is 1. The van der Waals surface area contributed by atoms with E-state index in [-0.39, 0.29) is 11.7 Å². The molecule has 3 N–H and O–H groups in total. The summed E-state index contributed by atoms with van der Waals surface area (Å²) >= 11 is 2.39. The van der Waals surface area contributed by atoms with Crippen molar-refractivity contribution >= 4 is 45.9 Å². The van der Waals surface area contributed by atoms with Gasteiger partial charge in [0.15, 0.2) is 4.34 Å². The van der Waals surface area contributed by atoms with E-state index in [1.54, 1.807) is 31.4 Å². The molecule has 2 rings (SSSR count). The maximum absolute atomic E-state index is 12.0. The van der Waals surface area contributed by atoms with E-state index in [4.69, 9.17) is 10.00 Å². The highest BCUT2D eigenvalue weighted by molar-refractivity contribution is 8.01. The summed E-state index contributed by atoms with van der Waals surface area (Å²) in [5, 5.41) is 24.8. The number of urea groups is 1. The van der Waals surface area contributed by atoms with Crippen molar-refractivity contribution in [3.63, 3.8) is 0 Å². The first-order valence-electron chi connectivity index (χ1n) is 7.41. The molecule has 1 aromatic heterocycles. The molecule has 1 aromatic carbocycles. The molecule has 9 nitrogen and oxygen atoms in total. The second-order valence-corrected chi connectivity index (χ2v) is 6.98. The van der Waals surface area contributed by atoms with E-state index in [9.17, 15) is 9.59 Å². The number of hydrogen-bond acceptors (Lipinski definition) is 8. The molecule has 0 aliphatic rings. The Kier molecular flexibility index (Phi) is 7.81. The lowest BCUT2D eigenvalue weighted by molar-refractivity contribution is -0.118. The summed E-state index contributed by atoms with van der Waals surface area (Å²) in [6.07, 6.45) is 0. The lowest BCUT2D eigenvalue weighted by Gasteiger charge is -2.04. The third-order valence-corrected chi connectivity index (χ3v) is 4.80. The Bertz CT molecular complexity index is 805. The summed E-state index contributed by atoms with van der Waals surface area (Å²) < 4.78 is 5.41. The van der Waals surface area contributed by atoms with E-state index in [1.807, 2.05) is 6.07 Å². The van der Waals surface area contributed by atoms with Crippen LogP contribution >= 0.6 is 23.1 Å². The molecule has 2 aromatic rings. The zero-order valence-electron chi connectivity index (χ0n) is 13.8. The van der Waals surface area contributed by atoms with E-state index < -0.39 is 6.03 Å². The molecule has 1 heterocycles. The largest absolute Gasteiger partial charge is 0.383 e. The van der Waals surface area contributed by atoms with Crippen LogP contribution in [0, 0.1) is 11.3 Å². The number of hydrogen-bond donors (Lipinski definition) is 3. The van der Waals surface area contributed by atoms with Gasteiger partial charge in [-0.3, -0.25) is 10.1 Å². The van der Waals surface area contributed by atoms with Crippen LogP contribution in [-0.4, -0.2) is 48.1 Å². The number of thioether (sulfide) groups is 1. The number of nitrogens with one attached hydrogen (secondary N) is 3. The second-order valence-electron chi connectivity index (χ2n) is 4.78. The Balaban J connectivity index is 1.79. The minimum atomic E-state index is -0.495. The first kappa shape index (κ1) is 19.6. The van der Waals surface area contributed by atoms with Crippen molar-refractivity contribution in [3.05, 3.63) is 29.8 Å². The summed E-state index contributed by atoms with van der Waals surface area (Å²) in [7, 11) is 1.56. The second kappa shape index (κ2) is 10.3. The molecule has 0 spiro atoms. The van der Waals surface area contributed by atoms with E-state index in [1.165, 1.54) is 11.8 Å². The summed E-state index contributed by atoms with van der Waals surface area (Å²) in [5.74, 6) is 0.0674. The number of aromatic nitrogens is 2. The molecule has 26 heavy (non-hydrogen) atoms. The highest BCUT2D eigenvalue weighted by Gasteiger charge is 2.10. The molecule has 3 amide bonds. The average Bonchev–Trinajstić information content (AvgIpc) is 3.07. The first-order chi connectivity index (χ1) is 12.6. The molecule has 11 heteroatoms. The zero-order chi connectivity index (χ0) is 18.8. The SMILES string of the molecule is COCCNC(=O)CSc1nnc(NC(=O)Nc2cccc(C#N)c2)s1. The Hall–Kier alpha value is -2.68. The molecule has 0 aliphatic heterocycles. The Morgan fingerprint density at radius 1 is 1.35 bits per heavy atom. The van der Waals surface area contributed by atoms with Gasteiger partial charge in [0.05, 0.1) is 24.0 Å². The van der Waals surface area contributed by atoms with Gasteiger partial charge in [0.2, 0.25) is 11.0 Å². The van der Waals surface area contributed by atoms with Gasteiger partial charge < -0.3 is 15.4 Å². The third-order valence-electron chi connectivity index (χ3n) is 2.83. The normalized spacial score (nSPS) is 10.0. The van der Waals surface area contributed by atoms with Gasteiger partial charge in [-0.1, -0.05) is 29.2 Å². The molecule has 0 unspecified atom stereocenters. The van der Waals surface area contributed by atoms with E-state index in [0.717, 1.165) is 11.3 Å². The highest BCUT2D eigenvalue weighted by Crippen LogP contribution is 2.25. The number of anilines is 2. The number of nitriles is 1. The van der Waals surface area contributed by atoms with Crippen LogP contribution in [-0.2, 0) is 9.53 Å². The van der Waals surface area contributed by atoms with Crippen LogP contribution in [0.3, 0.4) is 0 Å². The van der Waals surface area contributed by atoms with Crippen molar-refractivity contribution in [1.82, 2.24) is 15.5 Å². The number of ether oxygens (including phenoxy) is 1. The Labute approximate surface area is 158 Å². The predicted octanol–water partition coefficient (Wildman–Crippen LogP) is 1.91. The van der Waals surface area contributed by atoms with Crippen molar-refractivity contribution in [1.29, 1.82) is 5.26 Å². The van der Waals surface area contributed by atoms with Crippen LogP contribution in [0.4, 0.5) is 15.6 Å². The molecule has 0 radical (unpaired) electrons. The van der Waals surface area contributed by atoms with E-state index in [2.05, 4.69) is 26.1 Å². The topological polar surface area (TPSA) is 129 Å². The van der Waals surface area contributed by atoms with E-state index >= 15 is 0 Å². The molecule has 0 atom stereocenters. The highest BCUT2D eigenvalue weighted by atomic mass is 32.2. The van der Waals surface area contributed by atoms with E-state index in [0.29, 0.717) is 33.9 Å². The van der Waals surface area contributed by atoms with Gasteiger partial charge in [-0.15, -0.1) is 10.2 Å². The first-order valence-corrected chi connectivity index (χ1v) is 9.21. The van der Waals surface area contributed by atoms with Crippen molar-refractivity contribution in [2.24, 2.45) is 0 Å². The molecular weight excluding hydrogens is 376 g/mol. The lowest BCUT2D eigenvalue weighted by Crippen LogP contribution is -2.28. The van der Waals surface area contributed by atoms with Gasteiger partial charge in [-0.2, -0.15) is 5.26 Å². The van der Waals surface area contributed by atoms with Crippen molar-refractivity contribution in [2.75, 3.05) is 36.6 Å². The van der Waals surface area contributed by atoms with Crippen molar-refractivity contribution < 1.29 is 14.3 Å². The predicted molar refractivity (Wildman–Crippen MR) is 99.3 cm³/mol. The minimum absolute atomic E-state index is 0.133. The molecular formula is C15H16N6O3S2. The number of carbonyl (C=O) groups excluding carboxylic acids is 2. The Morgan fingerprint density at radius 3 is 2.96 bits per heavy atom. The minimum Gasteiger partial charge on any atom is -0.383 e.